The molecule has 2 aromatic rings. The molecule has 4 nitrogen and oxygen atoms in total. The third-order valence-corrected chi connectivity index (χ3v) is 3.27. The Morgan fingerprint density at radius 1 is 1.23 bits per heavy atom. The van der Waals surface area contributed by atoms with Gasteiger partial charge in [-0.25, -0.2) is 4.79 Å². The van der Waals surface area contributed by atoms with E-state index in [0.717, 1.165) is 5.76 Å². The van der Waals surface area contributed by atoms with Gasteiger partial charge in [0.05, 0.1) is 5.02 Å². The second-order valence-electron chi connectivity index (χ2n) is 4.44. The fourth-order valence-electron chi connectivity index (χ4n) is 1.67. The van der Waals surface area contributed by atoms with Gasteiger partial charge in [0.2, 0.25) is 5.78 Å². The molecule has 1 aromatic heterocycles. The van der Waals surface area contributed by atoms with Crippen LogP contribution in [-0.4, -0.2) is 18.4 Å². The van der Waals surface area contributed by atoms with Crippen LogP contribution in [-0.2, 0) is 9.53 Å². The predicted octanol–water partition coefficient (Wildman–Crippen LogP) is 4.33. The van der Waals surface area contributed by atoms with Crippen LogP contribution in [0.3, 0.4) is 0 Å². The lowest BCUT2D eigenvalue weighted by atomic mass is 10.1. The Morgan fingerprint density at radius 2 is 2.00 bits per heavy atom. The van der Waals surface area contributed by atoms with Crippen molar-refractivity contribution in [2.24, 2.45) is 0 Å². The van der Waals surface area contributed by atoms with E-state index in [2.05, 4.69) is 0 Å². The van der Waals surface area contributed by atoms with Gasteiger partial charge < -0.3 is 9.15 Å². The van der Waals surface area contributed by atoms with Crippen LogP contribution in [0.2, 0.25) is 10.0 Å². The van der Waals surface area contributed by atoms with E-state index < -0.39 is 18.4 Å². The minimum absolute atomic E-state index is 0.218. The fourth-order valence-corrected chi connectivity index (χ4v) is 2.19. The zero-order valence-electron chi connectivity index (χ0n) is 11.6. The Labute approximate surface area is 137 Å². The van der Waals surface area contributed by atoms with E-state index in [1.54, 1.807) is 25.1 Å². The van der Waals surface area contributed by atoms with Crippen LogP contribution in [0.4, 0.5) is 0 Å². The first-order valence-corrected chi connectivity index (χ1v) is 7.11. The summed E-state index contributed by atoms with van der Waals surface area (Å²) >= 11 is 11.7. The van der Waals surface area contributed by atoms with E-state index >= 15 is 0 Å². The molecule has 0 aliphatic carbocycles. The topological polar surface area (TPSA) is 56.5 Å². The Hall–Kier alpha value is -2.04. The molecule has 1 aromatic carbocycles. The van der Waals surface area contributed by atoms with E-state index in [1.165, 1.54) is 24.3 Å². The number of hydrogen-bond donors (Lipinski definition) is 0. The van der Waals surface area contributed by atoms with Crippen molar-refractivity contribution in [1.82, 2.24) is 0 Å². The van der Waals surface area contributed by atoms with Crippen LogP contribution >= 0.6 is 23.2 Å². The van der Waals surface area contributed by atoms with Crippen LogP contribution in [0.1, 0.15) is 21.9 Å². The highest BCUT2D eigenvalue weighted by Gasteiger charge is 2.12. The van der Waals surface area contributed by atoms with Crippen LogP contribution in [0.5, 0.6) is 0 Å². The number of Topliss-reactive ketones (excluding diaryl/α,β-unsaturated/α-hetero) is 1. The monoisotopic (exact) mass is 338 g/mol. The summed E-state index contributed by atoms with van der Waals surface area (Å²) in [5, 5.41) is 0.644. The van der Waals surface area contributed by atoms with Crippen molar-refractivity contribution >= 4 is 41.0 Å². The first-order valence-electron chi connectivity index (χ1n) is 6.35. The van der Waals surface area contributed by atoms with Gasteiger partial charge in [-0.15, -0.1) is 0 Å². The third-order valence-electron chi connectivity index (χ3n) is 2.72. The van der Waals surface area contributed by atoms with Crippen molar-refractivity contribution < 1.29 is 18.7 Å². The Morgan fingerprint density at radius 3 is 2.64 bits per heavy atom. The van der Waals surface area contributed by atoms with Crippen LogP contribution in [0, 0.1) is 6.92 Å². The molecule has 1 heterocycles. The lowest BCUT2D eigenvalue weighted by Crippen LogP contribution is -2.12. The number of rotatable bonds is 5. The van der Waals surface area contributed by atoms with Gasteiger partial charge >= 0.3 is 5.97 Å². The molecule has 22 heavy (non-hydrogen) atoms. The molecule has 0 atom stereocenters. The number of hydrogen-bond acceptors (Lipinski definition) is 4. The molecular formula is C16H12Cl2O4. The first-order chi connectivity index (χ1) is 10.5. The van der Waals surface area contributed by atoms with Gasteiger partial charge in [0.1, 0.15) is 11.5 Å². The molecular weight excluding hydrogens is 327 g/mol. The summed E-state index contributed by atoms with van der Waals surface area (Å²) in [5.41, 5.74) is 0.254. The summed E-state index contributed by atoms with van der Waals surface area (Å²) in [7, 11) is 0. The number of aryl methyl sites for hydroxylation is 1. The van der Waals surface area contributed by atoms with Gasteiger partial charge in [-0.2, -0.15) is 0 Å². The Kier molecular flexibility index (Phi) is 5.41. The average Bonchev–Trinajstić information content (AvgIpc) is 2.88. The highest BCUT2D eigenvalue weighted by Crippen LogP contribution is 2.21. The zero-order chi connectivity index (χ0) is 16.1. The molecule has 0 bridgehead atoms. The van der Waals surface area contributed by atoms with E-state index in [1.807, 2.05) is 0 Å². The number of furan rings is 1. The molecule has 0 radical (unpaired) electrons. The number of carbonyl (C=O) groups excluding carboxylic acids is 2. The van der Waals surface area contributed by atoms with E-state index in [0.29, 0.717) is 10.8 Å². The predicted molar refractivity (Wildman–Crippen MR) is 84.2 cm³/mol. The highest BCUT2D eigenvalue weighted by atomic mass is 35.5. The quantitative estimate of drug-likeness (QED) is 0.462. The summed E-state index contributed by atoms with van der Waals surface area (Å²) in [4.78, 5) is 23.5. The second-order valence-corrected chi connectivity index (χ2v) is 5.28. The minimum Gasteiger partial charge on any atom is -0.462 e. The van der Waals surface area contributed by atoms with Crippen molar-refractivity contribution in [3.63, 3.8) is 0 Å². The van der Waals surface area contributed by atoms with Crippen LogP contribution < -0.4 is 0 Å². The fraction of sp³-hybridized carbons (Fsp3) is 0.125. The van der Waals surface area contributed by atoms with Gasteiger partial charge in [0, 0.05) is 16.7 Å². The zero-order valence-corrected chi connectivity index (χ0v) is 13.1. The number of carbonyl (C=O) groups is 2. The SMILES string of the molecule is Cc1ccc(/C=C/C(=O)OCC(=O)c2ccc(Cl)cc2Cl)o1. The summed E-state index contributed by atoms with van der Waals surface area (Å²) in [5.74, 6) is 0.215. The standard InChI is InChI=1S/C16H12Cl2O4/c1-10-2-4-12(22-10)5-7-16(20)21-9-15(19)13-6-3-11(17)8-14(13)18/h2-8H,9H2,1H3/b7-5+. The smallest absolute Gasteiger partial charge is 0.331 e. The molecule has 0 unspecified atom stereocenters. The molecule has 0 saturated carbocycles. The van der Waals surface area contributed by atoms with Gasteiger partial charge in [-0.3, -0.25) is 4.79 Å². The lowest BCUT2D eigenvalue weighted by Gasteiger charge is -2.04. The second kappa shape index (κ2) is 7.29. The van der Waals surface area contributed by atoms with Gasteiger partial charge in [-0.05, 0) is 43.3 Å². The molecule has 0 saturated heterocycles. The molecule has 0 aliphatic rings. The van der Waals surface area contributed by atoms with Crippen LogP contribution in [0.15, 0.2) is 40.8 Å². The number of ketones is 1. The van der Waals surface area contributed by atoms with E-state index in [-0.39, 0.29) is 10.6 Å². The van der Waals surface area contributed by atoms with Crippen molar-refractivity contribution in [3.8, 4) is 0 Å². The summed E-state index contributed by atoms with van der Waals surface area (Å²) in [6, 6.07) is 7.98. The lowest BCUT2D eigenvalue weighted by molar-refractivity contribution is -0.136. The maximum absolute atomic E-state index is 11.9. The van der Waals surface area contributed by atoms with Crippen molar-refractivity contribution in [2.75, 3.05) is 6.61 Å². The summed E-state index contributed by atoms with van der Waals surface area (Å²) in [6.07, 6.45) is 2.66. The highest BCUT2D eigenvalue weighted by molar-refractivity contribution is 6.36. The molecule has 0 N–H and O–H groups in total. The maximum Gasteiger partial charge on any atom is 0.331 e. The first kappa shape index (κ1) is 16.3. The Balaban J connectivity index is 1.90. The van der Waals surface area contributed by atoms with Crippen molar-refractivity contribution in [1.29, 1.82) is 0 Å². The molecule has 0 aliphatic heterocycles. The largest absolute Gasteiger partial charge is 0.462 e. The van der Waals surface area contributed by atoms with Gasteiger partial charge in [0.25, 0.3) is 0 Å². The maximum atomic E-state index is 11.9. The van der Waals surface area contributed by atoms with E-state index in [4.69, 9.17) is 32.4 Å². The molecule has 6 heteroatoms. The Bertz CT molecular complexity index is 731. The molecule has 0 amide bonds. The number of benzene rings is 1. The molecule has 0 fully saturated rings. The van der Waals surface area contributed by atoms with Gasteiger partial charge in [0.15, 0.2) is 6.61 Å². The summed E-state index contributed by atoms with van der Waals surface area (Å²) in [6.45, 7) is 1.39. The molecule has 2 rings (SSSR count). The van der Waals surface area contributed by atoms with Crippen LogP contribution in [0.25, 0.3) is 6.08 Å². The summed E-state index contributed by atoms with van der Waals surface area (Å²) < 4.78 is 10.1. The normalized spacial score (nSPS) is 10.9. The average molecular weight is 339 g/mol. The van der Waals surface area contributed by atoms with E-state index in [9.17, 15) is 9.59 Å². The van der Waals surface area contributed by atoms with Crippen molar-refractivity contribution in [2.45, 2.75) is 6.92 Å². The minimum atomic E-state index is -0.646. The third kappa shape index (κ3) is 4.48. The number of halogens is 2. The van der Waals surface area contributed by atoms with Gasteiger partial charge in [-0.1, -0.05) is 23.2 Å². The number of esters is 1. The molecule has 114 valence electrons. The molecule has 0 spiro atoms. The van der Waals surface area contributed by atoms with Crippen molar-refractivity contribution in [3.05, 3.63) is 63.5 Å². The number of ether oxygens (including phenoxy) is 1.